The van der Waals surface area contributed by atoms with Crippen molar-refractivity contribution < 1.29 is 19.1 Å². The lowest BCUT2D eigenvalue weighted by Crippen LogP contribution is -2.32. The second-order valence-electron chi connectivity index (χ2n) is 8.17. The first-order chi connectivity index (χ1) is 16.3. The molecule has 0 aromatic heterocycles. The van der Waals surface area contributed by atoms with Crippen molar-refractivity contribution in [2.45, 2.75) is 6.92 Å². The van der Waals surface area contributed by atoms with Crippen molar-refractivity contribution in [3.63, 3.8) is 0 Å². The largest absolute Gasteiger partial charge is 0.497 e. The van der Waals surface area contributed by atoms with Crippen LogP contribution >= 0.6 is 0 Å². The van der Waals surface area contributed by atoms with Gasteiger partial charge in [-0.3, -0.25) is 9.59 Å². The van der Waals surface area contributed by atoms with Gasteiger partial charge in [0, 0.05) is 31.5 Å². The monoisotopic (exact) mass is 457 g/mol. The maximum Gasteiger partial charge on any atom is 0.282 e. The van der Waals surface area contributed by atoms with Crippen LogP contribution in [0, 0.1) is 6.92 Å². The Labute approximate surface area is 199 Å². The second kappa shape index (κ2) is 9.31. The minimum absolute atomic E-state index is 0.212. The van der Waals surface area contributed by atoms with Gasteiger partial charge in [0.1, 0.15) is 17.2 Å². The van der Waals surface area contributed by atoms with Crippen LogP contribution < -0.4 is 24.6 Å². The lowest BCUT2D eigenvalue weighted by Gasteiger charge is -2.19. The molecule has 4 rings (SSSR count). The molecular weight excluding hydrogens is 430 g/mol. The molecule has 7 heteroatoms. The first-order valence-corrected chi connectivity index (χ1v) is 10.8. The van der Waals surface area contributed by atoms with Gasteiger partial charge in [-0.15, -0.1) is 0 Å². The van der Waals surface area contributed by atoms with Gasteiger partial charge in [0.2, 0.25) is 0 Å². The molecule has 1 N–H and O–H groups in total. The molecule has 0 atom stereocenters. The third kappa shape index (κ3) is 4.20. The molecule has 2 amide bonds. The summed E-state index contributed by atoms with van der Waals surface area (Å²) in [6, 6.07) is 20.2. The van der Waals surface area contributed by atoms with Crippen LogP contribution in [0.2, 0.25) is 0 Å². The Kier molecular flexibility index (Phi) is 6.27. The van der Waals surface area contributed by atoms with Gasteiger partial charge in [0.05, 0.1) is 25.5 Å². The predicted octanol–water partition coefficient (Wildman–Crippen LogP) is 4.47. The van der Waals surface area contributed by atoms with Crippen LogP contribution in [0.4, 0.5) is 17.1 Å². The third-order valence-electron chi connectivity index (χ3n) is 5.70. The Morgan fingerprint density at radius 1 is 0.824 bits per heavy atom. The van der Waals surface area contributed by atoms with E-state index in [9.17, 15) is 9.59 Å². The zero-order chi connectivity index (χ0) is 24.4. The number of imide groups is 1. The van der Waals surface area contributed by atoms with Crippen LogP contribution in [0.15, 0.2) is 72.4 Å². The normalized spacial score (nSPS) is 13.4. The van der Waals surface area contributed by atoms with E-state index in [4.69, 9.17) is 9.47 Å². The van der Waals surface area contributed by atoms with Gasteiger partial charge in [-0.05, 0) is 48.9 Å². The molecule has 0 saturated carbocycles. The molecule has 0 spiro atoms. The highest BCUT2D eigenvalue weighted by molar-refractivity contribution is 6.46. The van der Waals surface area contributed by atoms with E-state index < -0.39 is 11.8 Å². The zero-order valence-corrected chi connectivity index (χ0v) is 19.9. The maximum absolute atomic E-state index is 13.7. The van der Waals surface area contributed by atoms with Crippen LogP contribution in [0.25, 0.3) is 5.57 Å². The Balaban J connectivity index is 1.80. The molecule has 1 aliphatic rings. The number of carbonyl (C=O) groups excluding carboxylic acids is 2. The van der Waals surface area contributed by atoms with E-state index in [-0.39, 0.29) is 5.70 Å². The number of hydrogen-bond donors (Lipinski definition) is 1. The molecule has 1 heterocycles. The topological polar surface area (TPSA) is 71.1 Å². The molecular formula is C27H27N3O4. The van der Waals surface area contributed by atoms with Gasteiger partial charge in [0.25, 0.3) is 11.8 Å². The van der Waals surface area contributed by atoms with E-state index in [0.717, 1.165) is 16.2 Å². The molecule has 0 unspecified atom stereocenters. The molecule has 0 saturated heterocycles. The van der Waals surface area contributed by atoms with Gasteiger partial charge in [-0.25, -0.2) is 4.90 Å². The molecule has 3 aromatic rings. The van der Waals surface area contributed by atoms with Crippen molar-refractivity contribution in [1.82, 2.24) is 0 Å². The summed E-state index contributed by atoms with van der Waals surface area (Å²) in [7, 11) is 6.95. The highest BCUT2D eigenvalue weighted by atomic mass is 16.5. The first kappa shape index (κ1) is 22.9. The fourth-order valence-corrected chi connectivity index (χ4v) is 3.81. The standard InChI is InChI=1S/C27H27N3O4/c1-17-6-8-18(9-7-17)24-25(28-19-10-12-20(13-11-19)29(2)3)27(32)30(26(24)31)22-15-14-21(33-4)16-23(22)34-5/h6-16,28H,1-5H3. The quantitative estimate of drug-likeness (QED) is 0.528. The summed E-state index contributed by atoms with van der Waals surface area (Å²) in [5.41, 5.74) is 4.31. The SMILES string of the molecule is COc1ccc(N2C(=O)C(Nc3ccc(N(C)C)cc3)=C(c3ccc(C)cc3)C2=O)c(OC)c1. The lowest BCUT2D eigenvalue weighted by molar-refractivity contribution is -0.120. The minimum Gasteiger partial charge on any atom is -0.497 e. The van der Waals surface area contributed by atoms with Gasteiger partial charge in [-0.1, -0.05) is 29.8 Å². The number of benzene rings is 3. The van der Waals surface area contributed by atoms with E-state index in [1.165, 1.54) is 7.11 Å². The van der Waals surface area contributed by atoms with Gasteiger partial charge in [-0.2, -0.15) is 0 Å². The second-order valence-corrected chi connectivity index (χ2v) is 8.17. The third-order valence-corrected chi connectivity index (χ3v) is 5.70. The number of ether oxygens (including phenoxy) is 2. The minimum atomic E-state index is -0.458. The van der Waals surface area contributed by atoms with Crippen molar-refractivity contribution in [3.05, 3.63) is 83.6 Å². The number of nitrogens with one attached hydrogen (secondary N) is 1. The lowest BCUT2D eigenvalue weighted by atomic mass is 10.0. The molecule has 0 aliphatic carbocycles. The average molecular weight is 458 g/mol. The first-order valence-electron chi connectivity index (χ1n) is 10.8. The van der Waals surface area contributed by atoms with Crippen molar-refractivity contribution in [2.75, 3.05) is 43.4 Å². The molecule has 3 aromatic carbocycles. The number of hydrogen-bond acceptors (Lipinski definition) is 6. The summed E-state index contributed by atoms with van der Waals surface area (Å²) < 4.78 is 10.7. The summed E-state index contributed by atoms with van der Waals surface area (Å²) in [5.74, 6) is 0.0390. The Bertz CT molecular complexity index is 1260. The fraction of sp³-hybridized carbons (Fsp3) is 0.185. The Hall–Kier alpha value is -4.26. The zero-order valence-electron chi connectivity index (χ0n) is 19.9. The molecule has 0 bridgehead atoms. The smallest absolute Gasteiger partial charge is 0.282 e. The molecule has 1 aliphatic heterocycles. The molecule has 34 heavy (non-hydrogen) atoms. The fourth-order valence-electron chi connectivity index (χ4n) is 3.81. The van der Waals surface area contributed by atoms with Crippen LogP contribution in [0.3, 0.4) is 0 Å². The highest BCUT2D eigenvalue weighted by Crippen LogP contribution is 2.39. The molecule has 7 nitrogen and oxygen atoms in total. The van der Waals surface area contributed by atoms with Crippen LogP contribution in [0.5, 0.6) is 11.5 Å². The molecule has 174 valence electrons. The van der Waals surface area contributed by atoms with E-state index in [1.54, 1.807) is 25.3 Å². The van der Waals surface area contributed by atoms with Crippen molar-refractivity contribution >= 4 is 34.4 Å². The van der Waals surface area contributed by atoms with E-state index in [0.29, 0.717) is 34.0 Å². The number of methoxy groups -OCH3 is 2. The Morgan fingerprint density at radius 3 is 2.09 bits per heavy atom. The molecule has 0 fully saturated rings. The number of nitrogens with zero attached hydrogens (tertiary/aromatic N) is 2. The van der Waals surface area contributed by atoms with Crippen LogP contribution in [-0.2, 0) is 9.59 Å². The molecule has 0 radical (unpaired) electrons. The van der Waals surface area contributed by atoms with Crippen LogP contribution in [-0.4, -0.2) is 40.1 Å². The van der Waals surface area contributed by atoms with E-state index in [1.807, 2.05) is 74.4 Å². The highest BCUT2D eigenvalue weighted by Gasteiger charge is 2.41. The number of amides is 2. The Morgan fingerprint density at radius 2 is 1.50 bits per heavy atom. The van der Waals surface area contributed by atoms with Gasteiger partial charge in [0.15, 0.2) is 0 Å². The summed E-state index contributed by atoms with van der Waals surface area (Å²) >= 11 is 0. The van der Waals surface area contributed by atoms with Crippen LogP contribution in [0.1, 0.15) is 11.1 Å². The van der Waals surface area contributed by atoms with E-state index in [2.05, 4.69) is 5.32 Å². The summed E-state index contributed by atoms with van der Waals surface area (Å²) in [6.07, 6.45) is 0. The number of anilines is 3. The summed E-state index contributed by atoms with van der Waals surface area (Å²) in [5, 5.41) is 3.19. The summed E-state index contributed by atoms with van der Waals surface area (Å²) in [6.45, 7) is 1.97. The number of aryl methyl sites for hydroxylation is 1. The number of rotatable bonds is 7. The average Bonchev–Trinajstić information content (AvgIpc) is 3.08. The summed E-state index contributed by atoms with van der Waals surface area (Å²) in [4.78, 5) is 30.5. The van der Waals surface area contributed by atoms with E-state index >= 15 is 0 Å². The van der Waals surface area contributed by atoms with Crippen molar-refractivity contribution in [1.29, 1.82) is 0 Å². The predicted molar refractivity (Wildman–Crippen MR) is 135 cm³/mol. The van der Waals surface area contributed by atoms with Crippen molar-refractivity contribution in [3.8, 4) is 11.5 Å². The van der Waals surface area contributed by atoms with Crippen molar-refractivity contribution in [2.24, 2.45) is 0 Å². The van der Waals surface area contributed by atoms with Gasteiger partial charge >= 0.3 is 0 Å². The maximum atomic E-state index is 13.7. The number of carbonyl (C=O) groups is 2. The van der Waals surface area contributed by atoms with Gasteiger partial charge < -0.3 is 19.7 Å².